The van der Waals surface area contributed by atoms with Crippen LogP contribution in [-0.4, -0.2) is 61.7 Å². The number of Topliss-reactive ketones (excluding diaryl/α,β-unsaturated/α-hetero) is 1. The van der Waals surface area contributed by atoms with Crippen LogP contribution in [-0.2, 0) is 11.3 Å². The van der Waals surface area contributed by atoms with Crippen molar-refractivity contribution in [3.8, 4) is 11.5 Å². The molecule has 0 spiro atoms. The number of allylic oxidation sites excluding steroid dienone is 1. The van der Waals surface area contributed by atoms with E-state index in [1.54, 1.807) is 0 Å². The highest BCUT2D eigenvalue weighted by Crippen LogP contribution is 2.42. The van der Waals surface area contributed by atoms with Gasteiger partial charge in [0, 0.05) is 32.7 Å². The van der Waals surface area contributed by atoms with Crippen molar-refractivity contribution in [3.05, 3.63) is 64.4 Å². The van der Waals surface area contributed by atoms with Crippen molar-refractivity contribution >= 4 is 11.9 Å². The molecule has 0 aromatic heterocycles. The van der Waals surface area contributed by atoms with Gasteiger partial charge in [-0.1, -0.05) is 29.8 Å². The Morgan fingerprint density at radius 2 is 1.77 bits per heavy atom. The minimum absolute atomic E-state index is 0.0705. The fourth-order valence-corrected chi connectivity index (χ4v) is 4.07. The number of benzene rings is 2. The number of rotatable bonds is 4. The van der Waals surface area contributed by atoms with Crippen molar-refractivity contribution < 1.29 is 19.0 Å². The van der Waals surface area contributed by atoms with Crippen LogP contribution in [0.4, 0.5) is 0 Å². The van der Waals surface area contributed by atoms with Gasteiger partial charge in [-0.2, -0.15) is 0 Å². The lowest BCUT2D eigenvalue weighted by atomic mass is 10.0. The Labute approximate surface area is 176 Å². The number of ether oxygens (including phenoxy) is 3. The first-order valence-corrected chi connectivity index (χ1v) is 10.5. The van der Waals surface area contributed by atoms with Crippen LogP contribution in [0.2, 0.25) is 0 Å². The highest BCUT2D eigenvalue weighted by molar-refractivity contribution is 6.15. The SMILES string of the molecule is Cc1ccc(/C=C2\Oc3c(ccc4c3CN(CCN3CCOCC3)CO4)C2=O)cc1. The number of morpholine rings is 1. The van der Waals surface area contributed by atoms with Crippen molar-refractivity contribution in [1.29, 1.82) is 0 Å². The lowest BCUT2D eigenvalue weighted by Gasteiger charge is -2.33. The van der Waals surface area contributed by atoms with Crippen molar-refractivity contribution in [2.75, 3.05) is 46.1 Å². The van der Waals surface area contributed by atoms with E-state index < -0.39 is 0 Å². The number of nitrogens with zero attached hydrogens (tertiary/aromatic N) is 2. The molecule has 6 heteroatoms. The lowest BCUT2D eigenvalue weighted by Crippen LogP contribution is -2.43. The number of carbonyl (C=O) groups is 1. The number of hydrogen-bond acceptors (Lipinski definition) is 6. The fraction of sp³-hybridized carbons (Fsp3) is 0.375. The lowest BCUT2D eigenvalue weighted by molar-refractivity contribution is 0.0239. The van der Waals surface area contributed by atoms with Crippen LogP contribution in [0.15, 0.2) is 42.2 Å². The maximum Gasteiger partial charge on any atom is 0.231 e. The van der Waals surface area contributed by atoms with Crippen LogP contribution in [0.25, 0.3) is 6.08 Å². The van der Waals surface area contributed by atoms with Gasteiger partial charge in [-0.3, -0.25) is 14.6 Å². The Kier molecular flexibility index (Phi) is 5.29. The Hall–Kier alpha value is -2.67. The van der Waals surface area contributed by atoms with Gasteiger partial charge >= 0.3 is 0 Å². The molecule has 30 heavy (non-hydrogen) atoms. The topological polar surface area (TPSA) is 51.2 Å². The zero-order valence-corrected chi connectivity index (χ0v) is 17.2. The Balaban J connectivity index is 1.33. The first-order valence-electron chi connectivity index (χ1n) is 10.5. The predicted octanol–water partition coefficient (Wildman–Crippen LogP) is 3.10. The van der Waals surface area contributed by atoms with Gasteiger partial charge in [0.25, 0.3) is 0 Å². The molecule has 3 heterocycles. The molecule has 0 N–H and O–H groups in total. The van der Waals surface area contributed by atoms with E-state index in [2.05, 4.69) is 9.80 Å². The molecule has 1 saturated heterocycles. The van der Waals surface area contributed by atoms with Gasteiger partial charge in [0.05, 0.1) is 24.3 Å². The third-order valence-electron chi connectivity index (χ3n) is 5.89. The van der Waals surface area contributed by atoms with Crippen LogP contribution in [0, 0.1) is 6.92 Å². The molecule has 1 fully saturated rings. The maximum atomic E-state index is 12.9. The van der Waals surface area contributed by atoms with Crippen molar-refractivity contribution in [2.24, 2.45) is 0 Å². The second kappa shape index (κ2) is 8.22. The van der Waals surface area contributed by atoms with Crippen LogP contribution < -0.4 is 9.47 Å². The molecule has 0 radical (unpaired) electrons. The summed E-state index contributed by atoms with van der Waals surface area (Å²) in [5.41, 5.74) is 3.71. The molecule has 3 aliphatic heterocycles. The van der Waals surface area contributed by atoms with E-state index in [0.717, 1.165) is 56.3 Å². The third-order valence-corrected chi connectivity index (χ3v) is 5.89. The van der Waals surface area contributed by atoms with E-state index in [0.29, 0.717) is 30.3 Å². The zero-order chi connectivity index (χ0) is 20.5. The monoisotopic (exact) mass is 406 g/mol. The molecule has 3 aliphatic rings. The van der Waals surface area contributed by atoms with Crippen molar-refractivity contribution in [1.82, 2.24) is 9.80 Å². The molecule has 2 aromatic rings. The molecule has 0 amide bonds. The first kappa shape index (κ1) is 19.3. The molecule has 0 bridgehead atoms. The second-order valence-corrected chi connectivity index (χ2v) is 8.05. The summed E-state index contributed by atoms with van der Waals surface area (Å²) < 4.78 is 17.5. The summed E-state index contributed by atoms with van der Waals surface area (Å²) in [5.74, 6) is 1.75. The first-order chi connectivity index (χ1) is 14.7. The fourth-order valence-electron chi connectivity index (χ4n) is 4.07. The van der Waals surface area contributed by atoms with Gasteiger partial charge < -0.3 is 14.2 Å². The Bertz CT molecular complexity index is 977. The number of carbonyl (C=O) groups excluding carboxylic acids is 1. The van der Waals surface area contributed by atoms with Crippen LogP contribution in [0.1, 0.15) is 27.0 Å². The Morgan fingerprint density at radius 3 is 2.57 bits per heavy atom. The molecule has 0 atom stereocenters. The molecule has 0 saturated carbocycles. The van der Waals surface area contributed by atoms with Gasteiger partial charge in [0.1, 0.15) is 18.2 Å². The molecule has 2 aromatic carbocycles. The standard InChI is InChI=1S/C24H26N2O4/c1-17-2-4-18(5-3-17)14-22-23(27)19-6-7-21-20(24(19)30-22)15-26(16-29-21)9-8-25-10-12-28-13-11-25/h2-7,14H,8-13,15-16H2,1H3/b22-14-. The molecule has 6 nitrogen and oxygen atoms in total. The van der Waals surface area contributed by atoms with Crippen LogP contribution >= 0.6 is 0 Å². The zero-order valence-electron chi connectivity index (χ0n) is 17.2. The van der Waals surface area contributed by atoms with Gasteiger partial charge in [0.15, 0.2) is 5.76 Å². The van der Waals surface area contributed by atoms with Gasteiger partial charge in [-0.25, -0.2) is 0 Å². The highest BCUT2D eigenvalue weighted by atomic mass is 16.5. The van der Waals surface area contributed by atoms with Crippen LogP contribution in [0.5, 0.6) is 11.5 Å². The van der Waals surface area contributed by atoms with E-state index in [1.165, 1.54) is 5.56 Å². The number of aryl methyl sites for hydroxylation is 1. The number of hydrogen-bond donors (Lipinski definition) is 0. The van der Waals surface area contributed by atoms with E-state index in [-0.39, 0.29) is 5.78 Å². The maximum absolute atomic E-state index is 12.9. The van der Waals surface area contributed by atoms with Crippen molar-refractivity contribution in [3.63, 3.8) is 0 Å². The number of ketones is 1. The molecule has 0 unspecified atom stereocenters. The van der Waals surface area contributed by atoms with E-state index >= 15 is 0 Å². The van der Waals surface area contributed by atoms with E-state index in [1.807, 2.05) is 49.4 Å². The summed E-state index contributed by atoms with van der Waals surface area (Å²) in [6.45, 7) is 8.76. The molecular weight excluding hydrogens is 380 g/mol. The molecule has 0 aliphatic carbocycles. The quantitative estimate of drug-likeness (QED) is 0.728. The van der Waals surface area contributed by atoms with Gasteiger partial charge in [0.2, 0.25) is 5.78 Å². The smallest absolute Gasteiger partial charge is 0.231 e. The third kappa shape index (κ3) is 3.86. The minimum atomic E-state index is -0.0705. The Morgan fingerprint density at radius 1 is 1.00 bits per heavy atom. The number of fused-ring (bicyclic) bond motifs is 3. The molecule has 5 rings (SSSR count). The summed E-state index contributed by atoms with van der Waals surface area (Å²) in [6, 6.07) is 11.8. The highest BCUT2D eigenvalue weighted by Gasteiger charge is 2.33. The molecule has 156 valence electrons. The summed E-state index contributed by atoms with van der Waals surface area (Å²) in [4.78, 5) is 17.6. The van der Waals surface area contributed by atoms with Gasteiger partial charge in [-0.05, 0) is 30.7 Å². The van der Waals surface area contributed by atoms with Gasteiger partial charge in [-0.15, -0.1) is 0 Å². The van der Waals surface area contributed by atoms with E-state index in [9.17, 15) is 4.79 Å². The summed E-state index contributed by atoms with van der Waals surface area (Å²) in [7, 11) is 0. The largest absolute Gasteiger partial charge is 0.478 e. The van der Waals surface area contributed by atoms with E-state index in [4.69, 9.17) is 14.2 Å². The summed E-state index contributed by atoms with van der Waals surface area (Å²) in [5, 5.41) is 0. The second-order valence-electron chi connectivity index (χ2n) is 8.05. The van der Waals surface area contributed by atoms with Crippen LogP contribution in [0.3, 0.4) is 0 Å². The average molecular weight is 406 g/mol. The normalized spacial score (nSPS) is 20.6. The summed E-state index contributed by atoms with van der Waals surface area (Å²) >= 11 is 0. The summed E-state index contributed by atoms with van der Waals surface area (Å²) in [6.07, 6.45) is 1.81. The molecular formula is C24H26N2O4. The minimum Gasteiger partial charge on any atom is -0.478 e. The van der Waals surface area contributed by atoms with Crippen molar-refractivity contribution in [2.45, 2.75) is 13.5 Å². The predicted molar refractivity (Wildman–Crippen MR) is 114 cm³/mol. The average Bonchev–Trinajstić information content (AvgIpc) is 3.10.